The molecule has 1 unspecified atom stereocenters. The number of halogens is 2. The standard InChI is InChI=1S/C25H20Cl2N2O4S2/c26-17-5-7-19(8-6-17)33-24-14-18(13-23(27)29-24)28-25(30)21-12-16-11-15(4-9-20(16)34-21)22-3-1-2-10-35(22,31)32/h4-9,11-14,22H,1-3,10H2,(H,28,29,30). The second-order valence-corrected chi connectivity index (χ2v) is 12.5. The van der Waals surface area contributed by atoms with E-state index in [9.17, 15) is 13.2 Å². The van der Waals surface area contributed by atoms with E-state index in [0.29, 0.717) is 27.8 Å². The molecule has 180 valence electrons. The van der Waals surface area contributed by atoms with Crippen LogP contribution in [0.2, 0.25) is 10.2 Å². The predicted octanol–water partition coefficient (Wildman–Crippen LogP) is 7.29. The summed E-state index contributed by atoms with van der Waals surface area (Å²) in [6.07, 6.45) is 2.25. The fourth-order valence-electron chi connectivity index (χ4n) is 4.12. The molecule has 4 aromatic rings. The maximum Gasteiger partial charge on any atom is 0.265 e. The molecule has 1 saturated heterocycles. The van der Waals surface area contributed by atoms with E-state index in [2.05, 4.69) is 10.3 Å². The molecule has 1 amide bonds. The summed E-state index contributed by atoms with van der Waals surface area (Å²) in [5.74, 6) is 0.676. The summed E-state index contributed by atoms with van der Waals surface area (Å²) >= 11 is 13.4. The molecule has 10 heteroatoms. The first kappa shape index (κ1) is 24.1. The molecule has 1 atom stereocenters. The lowest BCUT2D eigenvalue weighted by atomic mass is 10.0. The maximum atomic E-state index is 13.0. The first-order chi connectivity index (χ1) is 16.8. The molecule has 5 rings (SSSR count). The summed E-state index contributed by atoms with van der Waals surface area (Å²) in [4.78, 5) is 17.6. The Balaban J connectivity index is 1.36. The number of carbonyl (C=O) groups excluding carboxylic acids is 1. The second-order valence-electron chi connectivity index (χ2n) is 8.29. The zero-order valence-corrected chi connectivity index (χ0v) is 21.5. The van der Waals surface area contributed by atoms with E-state index in [0.717, 1.165) is 28.5 Å². The number of hydrogen-bond donors (Lipinski definition) is 1. The number of thiophene rings is 1. The smallest absolute Gasteiger partial charge is 0.265 e. The van der Waals surface area contributed by atoms with E-state index in [1.54, 1.807) is 36.4 Å². The molecule has 1 N–H and O–H groups in total. The molecule has 1 aliphatic heterocycles. The third-order valence-corrected chi connectivity index (χ3v) is 9.57. The maximum absolute atomic E-state index is 13.0. The van der Waals surface area contributed by atoms with Crippen LogP contribution < -0.4 is 10.1 Å². The molecule has 2 aromatic heterocycles. The minimum atomic E-state index is -3.14. The molecule has 35 heavy (non-hydrogen) atoms. The minimum absolute atomic E-state index is 0.168. The lowest BCUT2D eigenvalue weighted by Crippen LogP contribution is -2.21. The number of carbonyl (C=O) groups is 1. The van der Waals surface area contributed by atoms with Crippen molar-refractivity contribution in [2.75, 3.05) is 11.1 Å². The van der Waals surface area contributed by atoms with Crippen LogP contribution >= 0.6 is 34.5 Å². The topological polar surface area (TPSA) is 85.4 Å². The number of ether oxygens (including phenoxy) is 1. The van der Waals surface area contributed by atoms with Gasteiger partial charge in [-0.25, -0.2) is 13.4 Å². The molecular weight excluding hydrogens is 527 g/mol. The number of fused-ring (bicyclic) bond motifs is 1. The van der Waals surface area contributed by atoms with Crippen LogP contribution in [0, 0.1) is 0 Å². The van der Waals surface area contributed by atoms with Crippen LogP contribution in [-0.2, 0) is 9.84 Å². The van der Waals surface area contributed by atoms with Crippen LogP contribution in [-0.4, -0.2) is 25.1 Å². The van der Waals surface area contributed by atoms with E-state index in [1.807, 2.05) is 18.2 Å². The Morgan fingerprint density at radius 2 is 1.83 bits per heavy atom. The number of anilines is 1. The molecule has 0 spiro atoms. The first-order valence-electron chi connectivity index (χ1n) is 10.9. The number of hydrogen-bond acceptors (Lipinski definition) is 6. The summed E-state index contributed by atoms with van der Waals surface area (Å²) in [6, 6.07) is 17.3. The van der Waals surface area contributed by atoms with Crippen molar-refractivity contribution in [2.45, 2.75) is 24.5 Å². The van der Waals surface area contributed by atoms with Crippen LogP contribution in [0.5, 0.6) is 11.6 Å². The Morgan fingerprint density at radius 3 is 2.60 bits per heavy atom. The van der Waals surface area contributed by atoms with Gasteiger partial charge in [0, 0.05) is 21.5 Å². The summed E-state index contributed by atoms with van der Waals surface area (Å²) in [7, 11) is -3.14. The van der Waals surface area contributed by atoms with Gasteiger partial charge in [0.15, 0.2) is 9.84 Å². The minimum Gasteiger partial charge on any atom is -0.439 e. The zero-order chi connectivity index (χ0) is 24.6. The highest BCUT2D eigenvalue weighted by molar-refractivity contribution is 7.91. The van der Waals surface area contributed by atoms with Crippen molar-refractivity contribution < 1.29 is 17.9 Å². The monoisotopic (exact) mass is 546 g/mol. The molecule has 3 heterocycles. The van der Waals surface area contributed by atoms with Gasteiger partial charge in [-0.15, -0.1) is 11.3 Å². The summed E-state index contributed by atoms with van der Waals surface area (Å²) in [5, 5.41) is 3.96. The van der Waals surface area contributed by atoms with Gasteiger partial charge in [0.1, 0.15) is 10.9 Å². The van der Waals surface area contributed by atoms with Gasteiger partial charge in [0.05, 0.1) is 15.9 Å². The number of benzene rings is 2. The number of rotatable bonds is 5. The summed E-state index contributed by atoms with van der Waals surface area (Å²) < 4.78 is 31.7. The average molecular weight is 547 g/mol. The van der Waals surface area contributed by atoms with Crippen molar-refractivity contribution in [2.24, 2.45) is 0 Å². The molecule has 0 saturated carbocycles. The van der Waals surface area contributed by atoms with Crippen LogP contribution in [0.15, 0.2) is 60.7 Å². The van der Waals surface area contributed by atoms with Gasteiger partial charge in [-0.3, -0.25) is 4.79 Å². The number of pyridine rings is 1. The van der Waals surface area contributed by atoms with Crippen LogP contribution in [0.3, 0.4) is 0 Å². The van der Waals surface area contributed by atoms with Crippen molar-refractivity contribution in [3.05, 3.63) is 81.3 Å². The molecule has 0 radical (unpaired) electrons. The third-order valence-electron chi connectivity index (χ3n) is 5.78. The van der Waals surface area contributed by atoms with Gasteiger partial charge in [-0.1, -0.05) is 35.7 Å². The molecule has 0 aliphatic carbocycles. The number of amides is 1. The van der Waals surface area contributed by atoms with E-state index < -0.39 is 15.1 Å². The lowest BCUT2D eigenvalue weighted by Gasteiger charge is -2.22. The van der Waals surface area contributed by atoms with Gasteiger partial charge < -0.3 is 10.1 Å². The quantitative estimate of drug-likeness (QED) is 0.265. The predicted molar refractivity (Wildman–Crippen MR) is 141 cm³/mol. The zero-order valence-electron chi connectivity index (χ0n) is 18.3. The van der Waals surface area contributed by atoms with Crippen molar-refractivity contribution in [1.29, 1.82) is 0 Å². The molecule has 1 aliphatic rings. The number of nitrogens with one attached hydrogen (secondary N) is 1. The average Bonchev–Trinajstić information content (AvgIpc) is 3.24. The van der Waals surface area contributed by atoms with E-state index in [4.69, 9.17) is 27.9 Å². The van der Waals surface area contributed by atoms with E-state index in [-0.39, 0.29) is 22.7 Å². The largest absolute Gasteiger partial charge is 0.439 e. The SMILES string of the molecule is O=C(Nc1cc(Cl)nc(Oc2ccc(Cl)cc2)c1)c1cc2cc(C3CCCCS3(=O)=O)ccc2s1. The summed E-state index contributed by atoms with van der Waals surface area (Å²) in [5.41, 5.74) is 1.22. The molecule has 6 nitrogen and oxygen atoms in total. The molecular formula is C25H20Cl2N2O4S2. The Hall–Kier alpha value is -2.65. The van der Waals surface area contributed by atoms with Gasteiger partial charge in [0.2, 0.25) is 5.88 Å². The fraction of sp³-hybridized carbons (Fsp3) is 0.200. The normalized spacial score (nSPS) is 17.3. The third kappa shape index (κ3) is 5.46. The first-order valence-corrected chi connectivity index (χ1v) is 14.2. The Labute approximate surface area is 216 Å². The van der Waals surface area contributed by atoms with Crippen molar-refractivity contribution in [3.63, 3.8) is 0 Å². The van der Waals surface area contributed by atoms with Gasteiger partial charge >= 0.3 is 0 Å². The van der Waals surface area contributed by atoms with Crippen molar-refractivity contribution >= 4 is 66.1 Å². The number of aromatic nitrogens is 1. The van der Waals surface area contributed by atoms with Gasteiger partial charge in [-0.2, -0.15) is 0 Å². The molecule has 0 bridgehead atoms. The lowest BCUT2D eigenvalue weighted by molar-refractivity contribution is 0.103. The van der Waals surface area contributed by atoms with E-state index in [1.165, 1.54) is 17.4 Å². The molecule has 2 aromatic carbocycles. The Morgan fingerprint density at radius 1 is 1.03 bits per heavy atom. The highest BCUT2D eigenvalue weighted by atomic mass is 35.5. The van der Waals surface area contributed by atoms with Crippen LogP contribution in [0.4, 0.5) is 5.69 Å². The summed E-state index contributed by atoms with van der Waals surface area (Å²) in [6.45, 7) is 0. The highest BCUT2D eigenvalue weighted by Gasteiger charge is 2.30. The van der Waals surface area contributed by atoms with Crippen LogP contribution in [0.1, 0.15) is 39.7 Å². The van der Waals surface area contributed by atoms with Crippen molar-refractivity contribution in [1.82, 2.24) is 4.98 Å². The molecule has 1 fully saturated rings. The Bertz CT molecular complexity index is 1520. The van der Waals surface area contributed by atoms with Crippen LogP contribution in [0.25, 0.3) is 10.1 Å². The van der Waals surface area contributed by atoms with Gasteiger partial charge in [0.25, 0.3) is 5.91 Å². The number of sulfone groups is 1. The second kappa shape index (κ2) is 9.78. The van der Waals surface area contributed by atoms with Gasteiger partial charge in [-0.05, 0) is 72.3 Å². The van der Waals surface area contributed by atoms with E-state index >= 15 is 0 Å². The highest BCUT2D eigenvalue weighted by Crippen LogP contribution is 2.36. The number of nitrogens with zero attached hydrogens (tertiary/aromatic N) is 1. The van der Waals surface area contributed by atoms with Crippen molar-refractivity contribution in [3.8, 4) is 11.6 Å². The Kier molecular flexibility index (Phi) is 6.72. The fourth-order valence-corrected chi connectivity index (χ4v) is 7.36.